The fourth-order valence-electron chi connectivity index (χ4n) is 1.76. The largest absolute Gasteiger partial charge is 0.339 e. The van der Waals surface area contributed by atoms with Crippen molar-refractivity contribution in [2.24, 2.45) is 0 Å². The SMILES string of the molecule is O=C(Nc1ncc(Br)s1)c1cc(Br)cn1C1CC1. The van der Waals surface area contributed by atoms with Crippen molar-refractivity contribution in [3.05, 3.63) is 32.4 Å². The van der Waals surface area contributed by atoms with Gasteiger partial charge in [-0.15, -0.1) is 0 Å². The number of halogens is 2. The first kappa shape index (κ1) is 12.4. The van der Waals surface area contributed by atoms with Gasteiger partial charge in [0.15, 0.2) is 5.13 Å². The molecule has 1 aliphatic carbocycles. The molecule has 0 aliphatic heterocycles. The van der Waals surface area contributed by atoms with Gasteiger partial charge in [-0.2, -0.15) is 0 Å². The predicted octanol–water partition coefficient (Wildman–Crippen LogP) is 4.06. The minimum atomic E-state index is -0.116. The zero-order chi connectivity index (χ0) is 12.7. The van der Waals surface area contributed by atoms with E-state index in [0.29, 0.717) is 16.9 Å². The number of rotatable bonds is 3. The molecule has 0 spiro atoms. The Labute approximate surface area is 125 Å². The van der Waals surface area contributed by atoms with E-state index in [0.717, 1.165) is 21.1 Å². The fraction of sp³-hybridized carbons (Fsp3) is 0.273. The minimum absolute atomic E-state index is 0.116. The lowest BCUT2D eigenvalue weighted by Gasteiger charge is -2.06. The summed E-state index contributed by atoms with van der Waals surface area (Å²) in [6.07, 6.45) is 5.93. The molecule has 0 aromatic carbocycles. The number of nitrogens with zero attached hydrogens (tertiary/aromatic N) is 2. The number of hydrogen-bond donors (Lipinski definition) is 1. The fourth-order valence-corrected chi connectivity index (χ4v) is 3.29. The Bertz CT molecular complexity index is 603. The first-order chi connectivity index (χ1) is 8.63. The monoisotopic (exact) mass is 389 g/mol. The molecule has 4 nitrogen and oxygen atoms in total. The molecule has 0 unspecified atom stereocenters. The molecule has 0 radical (unpaired) electrons. The average Bonchev–Trinajstić information content (AvgIpc) is 2.98. The van der Waals surface area contributed by atoms with Crippen LogP contribution in [0.15, 0.2) is 26.7 Å². The van der Waals surface area contributed by atoms with E-state index in [9.17, 15) is 4.79 Å². The molecule has 2 aromatic rings. The first-order valence-corrected chi connectivity index (χ1v) is 7.84. The smallest absolute Gasteiger partial charge is 0.274 e. The number of aromatic nitrogens is 2. The third kappa shape index (κ3) is 2.53. The highest BCUT2D eigenvalue weighted by molar-refractivity contribution is 9.11. The van der Waals surface area contributed by atoms with Gasteiger partial charge in [-0.25, -0.2) is 4.98 Å². The number of carbonyl (C=O) groups is 1. The minimum Gasteiger partial charge on any atom is -0.339 e. The third-order valence-electron chi connectivity index (χ3n) is 2.69. The predicted molar refractivity (Wildman–Crippen MR) is 78.2 cm³/mol. The molecule has 1 N–H and O–H groups in total. The van der Waals surface area contributed by atoms with Crippen molar-refractivity contribution >= 4 is 54.2 Å². The van der Waals surface area contributed by atoms with Crippen molar-refractivity contribution in [1.29, 1.82) is 0 Å². The first-order valence-electron chi connectivity index (χ1n) is 5.43. The molecule has 0 bridgehead atoms. The third-order valence-corrected chi connectivity index (χ3v) is 4.51. The van der Waals surface area contributed by atoms with Crippen LogP contribution in [0.2, 0.25) is 0 Å². The van der Waals surface area contributed by atoms with Gasteiger partial charge in [-0.1, -0.05) is 11.3 Å². The van der Waals surface area contributed by atoms with E-state index in [4.69, 9.17) is 0 Å². The lowest BCUT2D eigenvalue weighted by atomic mass is 10.4. The standard InChI is InChI=1S/C11H9Br2N3OS/c12-6-3-8(16(5-6)7-1-2-7)10(17)15-11-14-4-9(13)18-11/h3-5,7H,1-2H2,(H,14,15,17). The maximum absolute atomic E-state index is 12.2. The van der Waals surface area contributed by atoms with Gasteiger partial charge in [-0.3, -0.25) is 10.1 Å². The number of carbonyl (C=O) groups excluding carboxylic acids is 1. The summed E-state index contributed by atoms with van der Waals surface area (Å²) in [6.45, 7) is 0. The highest BCUT2D eigenvalue weighted by Gasteiger charge is 2.27. The zero-order valence-electron chi connectivity index (χ0n) is 9.19. The molecule has 1 amide bonds. The Morgan fingerprint density at radius 2 is 2.28 bits per heavy atom. The van der Waals surface area contributed by atoms with Crippen LogP contribution in [-0.2, 0) is 0 Å². The molecule has 3 rings (SSSR count). The second-order valence-corrected chi connectivity index (χ2v) is 7.43. The van der Waals surface area contributed by atoms with E-state index in [1.807, 2.05) is 16.8 Å². The summed E-state index contributed by atoms with van der Waals surface area (Å²) in [5, 5.41) is 3.42. The Morgan fingerprint density at radius 3 is 2.89 bits per heavy atom. The van der Waals surface area contributed by atoms with Crippen LogP contribution in [0, 0.1) is 0 Å². The molecule has 94 valence electrons. The molecule has 2 heterocycles. The molecule has 1 saturated carbocycles. The van der Waals surface area contributed by atoms with Gasteiger partial charge in [0.2, 0.25) is 0 Å². The van der Waals surface area contributed by atoms with Crippen LogP contribution in [0.4, 0.5) is 5.13 Å². The number of thiazole rings is 1. The van der Waals surface area contributed by atoms with Crippen molar-refractivity contribution in [2.75, 3.05) is 5.32 Å². The van der Waals surface area contributed by atoms with Gasteiger partial charge < -0.3 is 4.57 Å². The molecule has 7 heteroatoms. The highest BCUT2D eigenvalue weighted by atomic mass is 79.9. The van der Waals surface area contributed by atoms with Crippen LogP contribution in [-0.4, -0.2) is 15.5 Å². The van der Waals surface area contributed by atoms with E-state index in [2.05, 4.69) is 42.2 Å². The Morgan fingerprint density at radius 1 is 1.50 bits per heavy atom. The second-order valence-electron chi connectivity index (χ2n) is 4.11. The normalized spacial score (nSPS) is 14.8. The average molecular weight is 391 g/mol. The molecule has 1 fully saturated rings. The van der Waals surface area contributed by atoms with Gasteiger partial charge >= 0.3 is 0 Å². The van der Waals surface area contributed by atoms with E-state index in [1.165, 1.54) is 11.3 Å². The second kappa shape index (κ2) is 4.79. The molecular weight excluding hydrogens is 382 g/mol. The Hall–Kier alpha value is -0.660. The maximum atomic E-state index is 12.2. The number of hydrogen-bond acceptors (Lipinski definition) is 3. The van der Waals surface area contributed by atoms with Crippen LogP contribution in [0.3, 0.4) is 0 Å². The van der Waals surface area contributed by atoms with E-state index in [-0.39, 0.29) is 5.91 Å². The molecule has 18 heavy (non-hydrogen) atoms. The van der Waals surface area contributed by atoms with Crippen LogP contribution in [0.5, 0.6) is 0 Å². The van der Waals surface area contributed by atoms with Crippen molar-refractivity contribution < 1.29 is 4.79 Å². The summed E-state index contributed by atoms with van der Waals surface area (Å²) in [7, 11) is 0. The molecule has 1 aliphatic rings. The van der Waals surface area contributed by atoms with Crippen LogP contribution in [0.25, 0.3) is 0 Å². The molecular formula is C11H9Br2N3OS. The van der Waals surface area contributed by atoms with Crippen molar-refractivity contribution in [2.45, 2.75) is 18.9 Å². The molecule has 0 saturated heterocycles. The lowest BCUT2D eigenvalue weighted by Crippen LogP contribution is -2.16. The topological polar surface area (TPSA) is 46.9 Å². The van der Waals surface area contributed by atoms with Gasteiger partial charge in [0, 0.05) is 16.7 Å². The summed E-state index contributed by atoms with van der Waals surface area (Å²) in [6, 6.07) is 2.32. The van der Waals surface area contributed by atoms with Crippen LogP contribution in [0.1, 0.15) is 29.4 Å². The summed E-state index contributed by atoms with van der Waals surface area (Å²) < 4.78 is 3.86. The van der Waals surface area contributed by atoms with Gasteiger partial charge in [0.05, 0.1) is 9.98 Å². The quantitative estimate of drug-likeness (QED) is 0.858. The van der Waals surface area contributed by atoms with Crippen LogP contribution >= 0.6 is 43.2 Å². The van der Waals surface area contributed by atoms with E-state index >= 15 is 0 Å². The Balaban J connectivity index is 1.83. The highest BCUT2D eigenvalue weighted by Crippen LogP contribution is 2.37. The maximum Gasteiger partial charge on any atom is 0.274 e. The van der Waals surface area contributed by atoms with E-state index in [1.54, 1.807) is 6.20 Å². The van der Waals surface area contributed by atoms with Crippen molar-refractivity contribution in [3.63, 3.8) is 0 Å². The number of amides is 1. The summed E-state index contributed by atoms with van der Waals surface area (Å²) in [5.74, 6) is -0.116. The van der Waals surface area contributed by atoms with Gasteiger partial charge in [-0.05, 0) is 50.8 Å². The molecule has 2 aromatic heterocycles. The van der Waals surface area contributed by atoms with E-state index < -0.39 is 0 Å². The Kier molecular flexibility index (Phi) is 3.29. The number of anilines is 1. The van der Waals surface area contributed by atoms with Gasteiger partial charge in [0.25, 0.3) is 5.91 Å². The zero-order valence-corrected chi connectivity index (χ0v) is 13.2. The number of nitrogens with one attached hydrogen (secondary N) is 1. The lowest BCUT2D eigenvalue weighted by molar-refractivity contribution is 0.101. The summed E-state index contributed by atoms with van der Waals surface area (Å²) >= 11 is 8.14. The van der Waals surface area contributed by atoms with Gasteiger partial charge in [0.1, 0.15) is 5.69 Å². The summed E-state index contributed by atoms with van der Waals surface area (Å²) in [4.78, 5) is 16.3. The van der Waals surface area contributed by atoms with Crippen molar-refractivity contribution in [1.82, 2.24) is 9.55 Å². The van der Waals surface area contributed by atoms with Crippen molar-refractivity contribution in [3.8, 4) is 0 Å². The van der Waals surface area contributed by atoms with Crippen LogP contribution < -0.4 is 5.32 Å². The molecule has 0 atom stereocenters. The summed E-state index contributed by atoms with van der Waals surface area (Å²) in [5.41, 5.74) is 0.677.